The monoisotopic (exact) mass is 442 g/mol. The maximum atomic E-state index is 14.5. The Hall–Kier alpha value is -2.30. The second kappa shape index (κ2) is 7.85. The van der Waals surface area contributed by atoms with Gasteiger partial charge < -0.3 is 11.1 Å². The van der Waals surface area contributed by atoms with Gasteiger partial charge in [0.15, 0.2) is 0 Å². The summed E-state index contributed by atoms with van der Waals surface area (Å²) < 4.78 is 93.2. The molecule has 0 bridgehead atoms. The minimum atomic E-state index is -6.21. The van der Waals surface area contributed by atoms with Crippen LogP contribution in [-0.2, 0) is 18.5 Å². The number of rotatable bonds is 5. The molecule has 11 heteroatoms. The Kier molecular flexibility index (Phi) is 6.22. The van der Waals surface area contributed by atoms with E-state index in [4.69, 9.17) is 5.73 Å². The Bertz CT molecular complexity index is 863. The second-order valence-electron chi connectivity index (χ2n) is 6.22. The topological polar surface area (TPSA) is 55.1 Å². The Labute approximate surface area is 165 Å². The largest absolute Gasteiger partial charge is 0.435 e. The number of halogens is 7. The van der Waals surface area contributed by atoms with E-state index < -0.39 is 29.5 Å². The van der Waals surface area contributed by atoms with E-state index in [9.17, 15) is 35.5 Å². The zero-order valence-electron chi connectivity index (χ0n) is 15.3. The maximum absolute atomic E-state index is 14.5. The fourth-order valence-corrected chi connectivity index (χ4v) is 3.46. The van der Waals surface area contributed by atoms with E-state index in [2.05, 4.69) is 5.32 Å². The predicted octanol–water partition coefficient (Wildman–Crippen LogP) is 6.00. The number of carbonyl (C=O) groups is 1. The summed E-state index contributed by atoms with van der Waals surface area (Å²) in [5.74, 6) is -0.631. The number of thiophene rings is 1. The smallest absolute Gasteiger partial charge is 0.391 e. The minimum Gasteiger partial charge on any atom is -0.391 e. The SMILES string of the molecule is CCc1cc(C(F)(C(F)(F)F)C(F)(F)F)cc(CC)c1NC(=O)c1csc(N)c1. The van der Waals surface area contributed by atoms with Gasteiger partial charge in [-0.15, -0.1) is 11.3 Å². The van der Waals surface area contributed by atoms with E-state index in [0.29, 0.717) is 17.1 Å². The van der Waals surface area contributed by atoms with Gasteiger partial charge in [0.05, 0.1) is 10.6 Å². The molecule has 3 nitrogen and oxygen atoms in total. The summed E-state index contributed by atoms with van der Waals surface area (Å²) in [5, 5.41) is 4.30. The van der Waals surface area contributed by atoms with Crippen LogP contribution in [0.2, 0.25) is 0 Å². The third-order valence-corrected chi connectivity index (χ3v) is 5.12. The van der Waals surface area contributed by atoms with Crippen LogP contribution in [0.15, 0.2) is 23.6 Å². The van der Waals surface area contributed by atoms with Gasteiger partial charge in [-0.2, -0.15) is 26.3 Å². The number of hydrogen-bond donors (Lipinski definition) is 2. The van der Waals surface area contributed by atoms with Crippen LogP contribution in [0.25, 0.3) is 0 Å². The van der Waals surface area contributed by atoms with Crippen LogP contribution < -0.4 is 11.1 Å². The number of hydrogen-bond acceptors (Lipinski definition) is 3. The standard InChI is InChI=1S/C18H17F7N2OS/c1-3-9-5-12(16(19,17(20,21)22)18(23,24)25)6-10(4-2)14(9)27-15(28)11-7-13(26)29-8-11/h5-8H,3-4,26H2,1-2H3,(H,27,28). The number of amides is 1. The third kappa shape index (κ3) is 4.19. The molecule has 0 unspecified atom stereocenters. The van der Waals surface area contributed by atoms with Crippen LogP contribution >= 0.6 is 11.3 Å². The molecule has 0 radical (unpaired) electrons. The van der Waals surface area contributed by atoms with Crippen molar-refractivity contribution in [1.82, 2.24) is 0 Å². The van der Waals surface area contributed by atoms with Crippen molar-refractivity contribution in [3.8, 4) is 0 Å². The highest BCUT2D eigenvalue weighted by Gasteiger charge is 2.73. The fourth-order valence-electron chi connectivity index (χ4n) is 2.83. The van der Waals surface area contributed by atoms with Crippen molar-refractivity contribution in [1.29, 1.82) is 0 Å². The number of anilines is 2. The van der Waals surface area contributed by atoms with Crippen molar-refractivity contribution in [3.63, 3.8) is 0 Å². The number of nitrogens with one attached hydrogen (secondary N) is 1. The molecular formula is C18H17F7N2OS. The van der Waals surface area contributed by atoms with Gasteiger partial charge in [-0.25, -0.2) is 4.39 Å². The van der Waals surface area contributed by atoms with Gasteiger partial charge in [-0.3, -0.25) is 4.79 Å². The zero-order valence-corrected chi connectivity index (χ0v) is 16.1. The van der Waals surface area contributed by atoms with Crippen LogP contribution in [0.4, 0.5) is 41.4 Å². The van der Waals surface area contributed by atoms with Gasteiger partial charge >= 0.3 is 18.0 Å². The molecule has 0 aliphatic carbocycles. The quantitative estimate of drug-likeness (QED) is 0.559. The van der Waals surface area contributed by atoms with Crippen molar-refractivity contribution in [2.45, 2.75) is 44.7 Å². The molecule has 0 spiro atoms. The van der Waals surface area contributed by atoms with E-state index in [1.54, 1.807) is 0 Å². The van der Waals surface area contributed by atoms with Gasteiger partial charge in [0.25, 0.3) is 5.91 Å². The molecule has 3 N–H and O–H groups in total. The van der Waals surface area contributed by atoms with Gasteiger partial charge in [-0.1, -0.05) is 13.8 Å². The fraction of sp³-hybridized carbons (Fsp3) is 0.389. The van der Waals surface area contributed by atoms with Gasteiger partial charge in [0.1, 0.15) is 0 Å². The van der Waals surface area contributed by atoms with Crippen molar-refractivity contribution in [3.05, 3.63) is 45.8 Å². The highest BCUT2D eigenvalue weighted by molar-refractivity contribution is 7.14. The van der Waals surface area contributed by atoms with Crippen LogP contribution in [0, 0.1) is 0 Å². The lowest BCUT2D eigenvalue weighted by molar-refractivity contribution is -0.348. The third-order valence-electron chi connectivity index (χ3n) is 4.36. The molecule has 29 heavy (non-hydrogen) atoms. The molecule has 1 aromatic heterocycles. The van der Waals surface area contributed by atoms with Gasteiger partial charge in [-0.05, 0) is 42.2 Å². The molecule has 1 aromatic carbocycles. The highest BCUT2D eigenvalue weighted by atomic mass is 32.1. The average molecular weight is 442 g/mol. The maximum Gasteiger partial charge on any atom is 0.435 e. The molecule has 0 aliphatic rings. The summed E-state index contributed by atoms with van der Waals surface area (Å²) in [5.41, 5.74) is -1.40. The van der Waals surface area contributed by atoms with Crippen LogP contribution in [0.3, 0.4) is 0 Å². The van der Waals surface area contributed by atoms with Gasteiger partial charge in [0.2, 0.25) is 0 Å². The first-order valence-corrected chi connectivity index (χ1v) is 9.28. The molecule has 2 rings (SSSR count). The van der Waals surface area contributed by atoms with Crippen molar-refractivity contribution < 1.29 is 35.5 Å². The highest BCUT2D eigenvalue weighted by Crippen LogP contribution is 2.54. The minimum absolute atomic E-state index is 0.0337. The molecule has 0 atom stereocenters. The first-order chi connectivity index (χ1) is 13.3. The molecule has 0 fully saturated rings. The van der Waals surface area contributed by atoms with Crippen LogP contribution in [0.1, 0.15) is 40.9 Å². The van der Waals surface area contributed by atoms with Gasteiger partial charge in [0, 0.05) is 16.6 Å². The zero-order chi connectivity index (χ0) is 22.2. The lowest BCUT2D eigenvalue weighted by Gasteiger charge is -2.31. The number of nitrogen functional groups attached to an aromatic ring is 1. The predicted molar refractivity (Wildman–Crippen MR) is 96.8 cm³/mol. The van der Waals surface area contributed by atoms with E-state index in [0.717, 1.165) is 11.3 Å². The van der Waals surface area contributed by atoms with E-state index in [1.807, 2.05) is 0 Å². The molecular weight excluding hydrogens is 425 g/mol. The first-order valence-electron chi connectivity index (χ1n) is 8.40. The summed E-state index contributed by atoms with van der Waals surface area (Å²) >= 11 is 1.09. The summed E-state index contributed by atoms with van der Waals surface area (Å²) in [6.07, 6.45) is -12.5. The van der Waals surface area contributed by atoms with E-state index in [-0.39, 0.29) is 35.2 Å². The molecule has 1 amide bonds. The number of aryl methyl sites for hydroxylation is 2. The molecule has 0 aliphatic heterocycles. The number of benzene rings is 1. The molecule has 2 aromatic rings. The van der Waals surface area contributed by atoms with Crippen molar-refractivity contribution >= 4 is 27.9 Å². The van der Waals surface area contributed by atoms with Crippen LogP contribution in [-0.4, -0.2) is 18.3 Å². The summed E-state index contributed by atoms with van der Waals surface area (Å²) in [6.45, 7) is 2.94. The Morgan fingerprint density at radius 2 is 1.45 bits per heavy atom. The Morgan fingerprint density at radius 3 is 1.79 bits per heavy atom. The van der Waals surface area contributed by atoms with Crippen molar-refractivity contribution in [2.75, 3.05) is 11.1 Å². The summed E-state index contributed by atoms with van der Waals surface area (Å²) in [7, 11) is 0. The average Bonchev–Trinajstić information content (AvgIpc) is 3.05. The number of nitrogens with two attached hydrogens (primary N) is 1. The molecule has 160 valence electrons. The normalized spacial score (nSPS) is 12.9. The second-order valence-corrected chi connectivity index (χ2v) is 7.17. The van der Waals surface area contributed by atoms with Crippen LogP contribution in [0.5, 0.6) is 0 Å². The first kappa shape index (κ1) is 23.0. The Morgan fingerprint density at radius 1 is 0.966 bits per heavy atom. The summed E-state index contributed by atoms with van der Waals surface area (Å²) in [6, 6.07) is 2.38. The lowest BCUT2D eigenvalue weighted by Crippen LogP contribution is -2.50. The number of carbonyl (C=O) groups excluding carboxylic acids is 1. The molecule has 0 saturated carbocycles. The molecule has 1 heterocycles. The lowest BCUT2D eigenvalue weighted by atomic mass is 9.88. The van der Waals surface area contributed by atoms with Crippen molar-refractivity contribution in [2.24, 2.45) is 0 Å². The summed E-state index contributed by atoms with van der Waals surface area (Å²) in [4.78, 5) is 12.4. The van der Waals surface area contributed by atoms with E-state index >= 15 is 0 Å². The Balaban J connectivity index is 2.62. The number of alkyl halides is 7. The van der Waals surface area contributed by atoms with E-state index in [1.165, 1.54) is 25.3 Å². The molecule has 0 saturated heterocycles.